The normalized spacial score (nSPS) is 16.4. The van der Waals surface area contributed by atoms with Gasteiger partial charge in [-0.05, 0) is 52.4 Å². The average Bonchev–Trinajstić information content (AvgIpc) is 3.00. The summed E-state index contributed by atoms with van der Waals surface area (Å²) in [5.74, 6) is 0.384. The highest BCUT2D eigenvalue weighted by atomic mass is 127. The lowest BCUT2D eigenvalue weighted by molar-refractivity contribution is -0.141. The highest BCUT2D eigenvalue weighted by Gasteiger charge is 2.29. The molecule has 0 amide bonds. The molecule has 0 saturated heterocycles. The van der Waals surface area contributed by atoms with Crippen molar-refractivity contribution < 1.29 is 28.5 Å². The third-order valence-corrected chi connectivity index (χ3v) is 5.58. The number of benzene rings is 2. The fourth-order valence-electron chi connectivity index (χ4n) is 2.94. The van der Waals surface area contributed by atoms with Crippen molar-refractivity contribution in [3.05, 3.63) is 55.3 Å². The van der Waals surface area contributed by atoms with Crippen LogP contribution in [0.15, 0.2) is 34.8 Å². The first kappa shape index (κ1) is 20.3. The van der Waals surface area contributed by atoms with Crippen molar-refractivity contribution in [2.24, 2.45) is 0 Å². The van der Waals surface area contributed by atoms with E-state index in [4.69, 9.17) is 14.2 Å². The van der Waals surface area contributed by atoms with Gasteiger partial charge in [0.05, 0.1) is 30.3 Å². The first-order valence-corrected chi connectivity index (χ1v) is 10.0. The van der Waals surface area contributed by atoms with Crippen LogP contribution in [0.5, 0.6) is 11.5 Å². The lowest BCUT2D eigenvalue weighted by Gasteiger charge is -2.19. The molecular formula is C19H17BrFIO5. The van der Waals surface area contributed by atoms with E-state index in [2.05, 4.69) is 38.5 Å². The number of methoxy groups -OCH3 is 1. The molecule has 1 N–H and O–H groups in total. The van der Waals surface area contributed by atoms with Gasteiger partial charge in [-0.1, -0.05) is 15.9 Å². The van der Waals surface area contributed by atoms with E-state index in [1.54, 1.807) is 12.1 Å². The molecule has 0 spiro atoms. The zero-order valence-electron chi connectivity index (χ0n) is 14.4. The van der Waals surface area contributed by atoms with E-state index in [0.29, 0.717) is 28.1 Å². The summed E-state index contributed by atoms with van der Waals surface area (Å²) in [6.45, 7) is 0.0825. The third-order valence-electron chi connectivity index (χ3n) is 4.28. The highest BCUT2D eigenvalue weighted by molar-refractivity contribution is 14.1. The second kappa shape index (κ2) is 8.74. The molecule has 0 bridgehead atoms. The molecule has 1 aliphatic heterocycles. The van der Waals surface area contributed by atoms with E-state index in [9.17, 15) is 14.3 Å². The SMILES string of the molecule is COC(=O)C[C@@H]1COc2cc(OC(CO)c3cc(F)cc(Br)c3)c(I)cc21. The Morgan fingerprint density at radius 3 is 2.85 bits per heavy atom. The largest absolute Gasteiger partial charge is 0.492 e. The molecule has 5 nitrogen and oxygen atoms in total. The van der Waals surface area contributed by atoms with Crippen LogP contribution in [0.2, 0.25) is 0 Å². The van der Waals surface area contributed by atoms with E-state index in [-0.39, 0.29) is 24.9 Å². The summed E-state index contributed by atoms with van der Waals surface area (Å²) >= 11 is 5.37. The van der Waals surface area contributed by atoms with Gasteiger partial charge in [0.15, 0.2) is 0 Å². The van der Waals surface area contributed by atoms with Crippen LogP contribution in [-0.2, 0) is 9.53 Å². The Labute approximate surface area is 178 Å². The summed E-state index contributed by atoms with van der Waals surface area (Å²) in [5.41, 5.74) is 1.44. The van der Waals surface area contributed by atoms with Gasteiger partial charge in [0, 0.05) is 22.0 Å². The maximum atomic E-state index is 13.7. The van der Waals surface area contributed by atoms with Crippen LogP contribution in [-0.4, -0.2) is 31.4 Å². The number of carbonyl (C=O) groups is 1. The summed E-state index contributed by atoms with van der Waals surface area (Å²) in [7, 11) is 1.36. The van der Waals surface area contributed by atoms with Crippen molar-refractivity contribution in [3.63, 3.8) is 0 Å². The predicted octanol–water partition coefficient (Wildman–Crippen LogP) is 4.34. The minimum absolute atomic E-state index is 0.0668. The lowest BCUT2D eigenvalue weighted by atomic mass is 9.98. The summed E-state index contributed by atoms with van der Waals surface area (Å²) in [6, 6.07) is 8.02. The molecule has 2 aromatic rings. The fourth-order valence-corrected chi connectivity index (χ4v) is 4.04. The van der Waals surface area contributed by atoms with Gasteiger partial charge >= 0.3 is 5.97 Å². The Hall–Kier alpha value is -1.39. The molecule has 0 radical (unpaired) electrons. The zero-order valence-corrected chi connectivity index (χ0v) is 18.1. The molecular weight excluding hydrogens is 534 g/mol. The second-order valence-corrected chi connectivity index (χ2v) is 8.18. The first-order chi connectivity index (χ1) is 12.9. The number of aliphatic hydroxyl groups is 1. The van der Waals surface area contributed by atoms with Crippen LogP contribution < -0.4 is 9.47 Å². The van der Waals surface area contributed by atoms with Crippen LogP contribution in [0.1, 0.15) is 29.6 Å². The molecule has 144 valence electrons. The predicted molar refractivity (Wildman–Crippen MR) is 109 cm³/mol. The molecule has 0 aliphatic carbocycles. The fraction of sp³-hybridized carbons (Fsp3) is 0.316. The molecule has 0 fully saturated rings. The smallest absolute Gasteiger partial charge is 0.306 e. The van der Waals surface area contributed by atoms with E-state index >= 15 is 0 Å². The summed E-state index contributed by atoms with van der Waals surface area (Å²) in [5, 5.41) is 9.73. The summed E-state index contributed by atoms with van der Waals surface area (Å²) in [6.07, 6.45) is -0.480. The number of aliphatic hydroxyl groups excluding tert-OH is 1. The molecule has 1 unspecified atom stereocenters. The van der Waals surface area contributed by atoms with Gasteiger partial charge in [0.1, 0.15) is 23.4 Å². The van der Waals surface area contributed by atoms with Gasteiger partial charge in [-0.3, -0.25) is 4.79 Å². The monoisotopic (exact) mass is 550 g/mol. The van der Waals surface area contributed by atoms with Crippen LogP contribution in [0.25, 0.3) is 0 Å². The Morgan fingerprint density at radius 2 is 2.19 bits per heavy atom. The molecule has 2 atom stereocenters. The van der Waals surface area contributed by atoms with Crippen molar-refractivity contribution >= 4 is 44.5 Å². The van der Waals surface area contributed by atoms with E-state index in [0.717, 1.165) is 9.13 Å². The molecule has 0 saturated carbocycles. The number of carbonyl (C=O) groups excluding carboxylic acids is 1. The van der Waals surface area contributed by atoms with Crippen LogP contribution >= 0.6 is 38.5 Å². The van der Waals surface area contributed by atoms with Crippen LogP contribution in [0.3, 0.4) is 0 Å². The summed E-state index contributed by atoms with van der Waals surface area (Å²) < 4.78 is 31.4. The van der Waals surface area contributed by atoms with Crippen molar-refractivity contribution in [2.45, 2.75) is 18.4 Å². The Bertz CT molecular complexity index is 840. The minimum atomic E-state index is -0.726. The number of rotatable bonds is 6. The number of esters is 1. The lowest BCUT2D eigenvalue weighted by Crippen LogP contribution is -2.13. The van der Waals surface area contributed by atoms with Gasteiger partial charge in [0.25, 0.3) is 0 Å². The Kier molecular flexibility index (Phi) is 6.59. The number of hydrogen-bond acceptors (Lipinski definition) is 5. The van der Waals surface area contributed by atoms with Crippen LogP contribution in [0.4, 0.5) is 4.39 Å². The van der Waals surface area contributed by atoms with E-state index < -0.39 is 11.9 Å². The summed E-state index contributed by atoms with van der Waals surface area (Å²) in [4.78, 5) is 11.6. The molecule has 2 aromatic carbocycles. The molecule has 0 aromatic heterocycles. The molecule has 8 heteroatoms. The van der Waals surface area contributed by atoms with Crippen LogP contribution in [0, 0.1) is 9.39 Å². The zero-order chi connectivity index (χ0) is 19.6. The van der Waals surface area contributed by atoms with E-state index in [1.165, 1.54) is 19.2 Å². The van der Waals surface area contributed by atoms with Gasteiger partial charge in [0.2, 0.25) is 0 Å². The van der Waals surface area contributed by atoms with Gasteiger partial charge in [-0.2, -0.15) is 0 Å². The number of fused-ring (bicyclic) bond motifs is 1. The molecule has 1 aliphatic rings. The van der Waals surface area contributed by atoms with Gasteiger partial charge in [-0.15, -0.1) is 0 Å². The number of ether oxygens (including phenoxy) is 3. The maximum Gasteiger partial charge on any atom is 0.306 e. The maximum absolute atomic E-state index is 13.7. The quantitative estimate of drug-likeness (QED) is 0.428. The van der Waals surface area contributed by atoms with E-state index in [1.807, 2.05) is 6.07 Å². The Morgan fingerprint density at radius 1 is 1.41 bits per heavy atom. The van der Waals surface area contributed by atoms with Gasteiger partial charge in [-0.25, -0.2) is 4.39 Å². The van der Waals surface area contributed by atoms with Crippen molar-refractivity contribution in [1.82, 2.24) is 0 Å². The highest BCUT2D eigenvalue weighted by Crippen LogP contribution is 2.41. The van der Waals surface area contributed by atoms with Gasteiger partial charge < -0.3 is 19.3 Å². The van der Waals surface area contributed by atoms with Crippen molar-refractivity contribution in [3.8, 4) is 11.5 Å². The molecule has 27 heavy (non-hydrogen) atoms. The molecule has 1 heterocycles. The number of hydrogen-bond donors (Lipinski definition) is 1. The van der Waals surface area contributed by atoms with Crippen molar-refractivity contribution in [1.29, 1.82) is 0 Å². The third kappa shape index (κ3) is 4.72. The second-order valence-electron chi connectivity index (χ2n) is 6.10. The average molecular weight is 551 g/mol. The number of halogens is 3. The first-order valence-electron chi connectivity index (χ1n) is 8.17. The topological polar surface area (TPSA) is 65.0 Å². The standard InChI is InChI=1S/C19H17BrFIO5/c1-25-19(24)4-11-9-26-16-7-17(15(22)6-14(11)16)27-18(8-23)10-2-12(20)5-13(21)3-10/h2-3,5-7,11,18,23H,4,8-9H2,1H3/t11-,18?/m1/s1. The Balaban J connectivity index is 1.84. The molecule has 3 rings (SSSR count). The van der Waals surface area contributed by atoms with Crippen molar-refractivity contribution in [2.75, 3.05) is 20.3 Å². The minimum Gasteiger partial charge on any atom is -0.492 e.